The van der Waals surface area contributed by atoms with Crippen molar-refractivity contribution in [2.24, 2.45) is 0 Å². The van der Waals surface area contributed by atoms with Gasteiger partial charge in [-0.15, -0.1) is 0 Å². The molecule has 1 amide bonds. The van der Waals surface area contributed by atoms with Crippen LogP contribution in [0.3, 0.4) is 0 Å². The molecule has 1 aliphatic heterocycles. The van der Waals surface area contributed by atoms with E-state index in [4.69, 9.17) is 27.6 Å². The zero-order chi connectivity index (χ0) is 27.3. The van der Waals surface area contributed by atoms with Crippen LogP contribution in [-0.2, 0) is 37.7 Å². The van der Waals surface area contributed by atoms with Crippen LogP contribution in [0.1, 0.15) is 23.6 Å². The van der Waals surface area contributed by atoms with E-state index >= 15 is 0 Å². The van der Waals surface area contributed by atoms with Crippen LogP contribution in [0.4, 0.5) is 5.69 Å². The second-order valence-electron chi connectivity index (χ2n) is 8.16. The van der Waals surface area contributed by atoms with Crippen molar-refractivity contribution in [3.63, 3.8) is 0 Å². The van der Waals surface area contributed by atoms with Crippen LogP contribution < -0.4 is 5.32 Å². The first kappa shape index (κ1) is 28.1. The van der Waals surface area contributed by atoms with Gasteiger partial charge in [-0.2, -0.15) is 5.26 Å². The minimum Gasteiger partial charge on any atom is -0.597 e. The first-order valence-corrected chi connectivity index (χ1v) is 13.2. The molecule has 0 radical (unpaired) electrons. The Morgan fingerprint density at radius 1 is 1.35 bits per heavy atom. The molecule has 1 fully saturated rings. The number of nitro benzene ring substituents is 1. The lowest BCUT2D eigenvalue weighted by molar-refractivity contribution is -0.384. The number of benzene rings is 2. The SMILES string of the molecule is C=C(C)C(C(=O)OCc1ccc([N+](=O)[O-])cc1)N1C(=O)C(NC(=S)Cc2ccccc2C#N)C1[S+]([O-])Cl. The van der Waals surface area contributed by atoms with E-state index in [1.54, 1.807) is 24.3 Å². The van der Waals surface area contributed by atoms with E-state index in [0.717, 1.165) is 4.90 Å². The summed E-state index contributed by atoms with van der Waals surface area (Å²) in [6.45, 7) is 5.08. The Hall–Kier alpha value is -3.50. The van der Waals surface area contributed by atoms with Gasteiger partial charge in [0.25, 0.3) is 11.6 Å². The van der Waals surface area contributed by atoms with Crippen LogP contribution >= 0.6 is 22.9 Å². The minimum absolute atomic E-state index is 0.110. The molecule has 1 aliphatic rings. The van der Waals surface area contributed by atoms with E-state index in [1.807, 2.05) is 0 Å². The fourth-order valence-electron chi connectivity index (χ4n) is 3.77. The smallest absolute Gasteiger partial charge is 0.333 e. The van der Waals surface area contributed by atoms with Crippen molar-refractivity contribution >= 4 is 55.8 Å². The number of thiocarbonyl (C=S) groups is 1. The van der Waals surface area contributed by atoms with Crippen LogP contribution in [0.2, 0.25) is 0 Å². The van der Waals surface area contributed by atoms with E-state index in [2.05, 4.69) is 18.0 Å². The predicted molar refractivity (Wildman–Crippen MR) is 141 cm³/mol. The number of non-ortho nitro benzene ring substituents is 1. The van der Waals surface area contributed by atoms with Crippen molar-refractivity contribution in [3.8, 4) is 6.07 Å². The highest BCUT2D eigenvalue weighted by Crippen LogP contribution is 2.33. The number of β-lactam (4-membered cyclic amide) rings is 1. The quantitative estimate of drug-likeness (QED) is 0.0879. The third kappa shape index (κ3) is 6.44. The Morgan fingerprint density at radius 2 is 2.00 bits per heavy atom. The Morgan fingerprint density at radius 3 is 2.57 bits per heavy atom. The molecule has 2 aromatic rings. The summed E-state index contributed by atoms with van der Waals surface area (Å²) >= 11 is 5.36. The second-order valence-corrected chi connectivity index (χ2v) is 10.5. The number of ether oxygens (including phenoxy) is 1. The van der Waals surface area contributed by atoms with E-state index in [1.165, 1.54) is 31.2 Å². The molecule has 1 N–H and O–H groups in total. The lowest BCUT2D eigenvalue weighted by Crippen LogP contribution is -2.75. The van der Waals surface area contributed by atoms with Gasteiger partial charge in [-0.25, -0.2) is 4.79 Å². The number of nitro groups is 1. The number of hydrogen-bond donors (Lipinski definition) is 1. The molecule has 1 saturated heterocycles. The summed E-state index contributed by atoms with van der Waals surface area (Å²) in [5, 5.41) is 21.8. The molecule has 4 unspecified atom stereocenters. The fraction of sp³-hybridized carbons (Fsp3) is 0.250. The van der Waals surface area contributed by atoms with Crippen LogP contribution in [0, 0.1) is 21.4 Å². The molecule has 1 heterocycles. The highest BCUT2D eigenvalue weighted by molar-refractivity contribution is 8.14. The van der Waals surface area contributed by atoms with Gasteiger partial charge >= 0.3 is 5.97 Å². The highest BCUT2D eigenvalue weighted by atomic mass is 35.7. The largest absolute Gasteiger partial charge is 0.597 e. The average Bonchev–Trinajstić information content (AvgIpc) is 2.86. The Bertz CT molecular complexity index is 1280. The normalized spacial score (nSPS) is 18.1. The van der Waals surface area contributed by atoms with Crippen molar-refractivity contribution in [3.05, 3.63) is 87.5 Å². The van der Waals surface area contributed by atoms with Crippen LogP contribution in [-0.4, -0.2) is 48.7 Å². The molecule has 3 rings (SSSR count). The van der Waals surface area contributed by atoms with Crippen molar-refractivity contribution < 1.29 is 23.8 Å². The summed E-state index contributed by atoms with van der Waals surface area (Å²) < 4.78 is 17.7. The molecule has 13 heteroatoms. The van der Waals surface area contributed by atoms with Gasteiger partial charge in [0.05, 0.1) is 31.9 Å². The van der Waals surface area contributed by atoms with Crippen molar-refractivity contribution in [1.29, 1.82) is 5.26 Å². The molecule has 4 atom stereocenters. The van der Waals surface area contributed by atoms with Gasteiger partial charge in [0, 0.05) is 18.6 Å². The summed E-state index contributed by atoms with van der Waals surface area (Å²) in [5.74, 6) is -1.40. The summed E-state index contributed by atoms with van der Waals surface area (Å²) in [6.07, 6.45) is 0.172. The molecular formula is C24H21ClN4O6S2. The molecule has 0 aliphatic carbocycles. The number of nitrogens with zero attached hydrogens (tertiary/aromatic N) is 3. The molecule has 37 heavy (non-hydrogen) atoms. The predicted octanol–water partition coefficient (Wildman–Crippen LogP) is 3.05. The molecule has 2 aromatic carbocycles. The van der Waals surface area contributed by atoms with Gasteiger partial charge in [-0.1, -0.05) is 37.0 Å². The molecule has 0 bridgehead atoms. The summed E-state index contributed by atoms with van der Waals surface area (Å²) in [4.78, 5) is 37.5. The zero-order valence-electron chi connectivity index (χ0n) is 19.5. The molecule has 192 valence electrons. The number of nitrogens with one attached hydrogen (secondary N) is 1. The number of esters is 1. The minimum atomic E-state index is -2.08. The Balaban J connectivity index is 1.70. The standard InChI is InChI=1S/C24H21ClN4O6S2/c1-14(2)21(24(31)35-13-15-7-9-18(10-8-15)29(32)33)28-22(30)20(23(28)37(25)34)27-19(36)11-16-5-3-4-6-17(16)12-26/h3-10,20-21,23H,1,11,13H2,2H3,(H,27,36). The summed E-state index contributed by atoms with van der Waals surface area (Å²) in [7, 11) is 3.82. The van der Waals surface area contributed by atoms with Gasteiger partial charge in [0.1, 0.15) is 6.61 Å². The molecule has 0 aromatic heterocycles. The highest BCUT2D eigenvalue weighted by Gasteiger charge is 2.59. The number of nitriles is 1. The second kappa shape index (κ2) is 12.2. The average molecular weight is 561 g/mol. The number of carbonyl (C=O) groups excluding carboxylic acids is 2. The molecule has 10 nitrogen and oxygen atoms in total. The maximum absolute atomic E-state index is 13.1. The zero-order valence-corrected chi connectivity index (χ0v) is 21.8. The van der Waals surface area contributed by atoms with E-state index in [9.17, 15) is 29.5 Å². The van der Waals surface area contributed by atoms with E-state index in [-0.39, 0.29) is 29.3 Å². The molecule has 0 spiro atoms. The first-order chi connectivity index (χ1) is 17.5. The number of rotatable bonds is 10. The molecule has 0 saturated carbocycles. The fourth-order valence-corrected chi connectivity index (χ4v) is 5.42. The molecular weight excluding hydrogens is 540 g/mol. The van der Waals surface area contributed by atoms with Crippen LogP contribution in [0.25, 0.3) is 0 Å². The van der Waals surface area contributed by atoms with Gasteiger partial charge in [-0.05, 0) is 41.8 Å². The van der Waals surface area contributed by atoms with Crippen LogP contribution in [0.15, 0.2) is 60.7 Å². The summed E-state index contributed by atoms with van der Waals surface area (Å²) in [6, 6.07) is 12.1. The third-order valence-corrected chi connectivity index (χ3v) is 7.26. The maximum atomic E-state index is 13.1. The van der Waals surface area contributed by atoms with Crippen LogP contribution in [0.5, 0.6) is 0 Å². The van der Waals surface area contributed by atoms with E-state index in [0.29, 0.717) is 16.7 Å². The lowest BCUT2D eigenvalue weighted by atomic mass is 9.98. The van der Waals surface area contributed by atoms with Crippen molar-refractivity contribution in [2.75, 3.05) is 0 Å². The monoisotopic (exact) mass is 560 g/mol. The maximum Gasteiger partial charge on any atom is 0.333 e. The lowest BCUT2D eigenvalue weighted by Gasteiger charge is -2.47. The van der Waals surface area contributed by atoms with Gasteiger partial charge in [0.15, 0.2) is 22.8 Å². The topological polar surface area (TPSA) is 149 Å². The Kier molecular flexibility index (Phi) is 9.23. The van der Waals surface area contributed by atoms with Gasteiger partial charge in [0.2, 0.25) is 5.37 Å². The Labute approximate surface area is 225 Å². The first-order valence-electron chi connectivity index (χ1n) is 10.8. The van der Waals surface area contributed by atoms with Crippen molar-refractivity contribution in [2.45, 2.75) is 37.4 Å². The van der Waals surface area contributed by atoms with Crippen molar-refractivity contribution in [1.82, 2.24) is 10.2 Å². The number of carbonyl (C=O) groups is 2. The number of amides is 1. The van der Waals surface area contributed by atoms with E-state index < -0.39 is 44.6 Å². The number of likely N-dealkylation sites (tertiary alicyclic amines) is 1. The number of hydrogen-bond acceptors (Lipinski definition) is 8. The van der Waals surface area contributed by atoms with Gasteiger partial charge in [-0.3, -0.25) is 19.8 Å². The third-order valence-electron chi connectivity index (χ3n) is 5.57. The summed E-state index contributed by atoms with van der Waals surface area (Å²) in [5.41, 5.74) is 1.74. The number of halogens is 1. The van der Waals surface area contributed by atoms with Gasteiger partial charge < -0.3 is 14.6 Å².